The summed E-state index contributed by atoms with van der Waals surface area (Å²) in [4.78, 5) is 0. The summed E-state index contributed by atoms with van der Waals surface area (Å²) in [6.45, 7) is 1.85. The molecule has 0 aliphatic carbocycles. The van der Waals surface area contributed by atoms with Gasteiger partial charge in [-0.2, -0.15) is 0 Å². The standard InChI is InChI=1S/C12H13NO2/c1-3-5-7-10(4-2)13-12(14)11-8-6-9-15-11/h1,4-9,12-14H,2H3/b7-5-,10-4+. The molecular weight excluding hydrogens is 190 g/mol. The van der Waals surface area contributed by atoms with Crippen LogP contribution in [0.2, 0.25) is 0 Å². The number of terminal acetylenes is 1. The molecule has 1 atom stereocenters. The first-order valence-corrected chi connectivity index (χ1v) is 4.55. The Labute approximate surface area is 89.1 Å². The predicted molar refractivity (Wildman–Crippen MR) is 58.5 cm³/mol. The van der Waals surface area contributed by atoms with E-state index in [9.17, 15) is 5.11 Å². The van der Waals surface area contributed by atoms with E-state index in [1.54, 1.807) is 30.4 Å². The zero-order valence-electron chi connectivity index (χ0n) is 8.47. The minimum absolute atomic E-state index is 0.462. The third kappa shape index (κ3) is 3.37. The Morgan fingerprint density at radius 3 is 3.07 bits per heavy atom. The fourth-order valence-corrected chi connectivity index (χ4v) is 1.04. The van der Waals surface area contributed by atoms with Crippen molar-refractivity contribution in [3.8, 4) is 12.3 Å². The number of aliphatic hydroxyl groups excluding tert-OH is 1. The largest absolute Gasteiger partial charge is 0.465 e. The quantitative estimate of drug-likeness (QED) is 0.446. The molecule has 1 heterocycles. The van der Waals surface area contributed by atoms with Crippen LogP contribution in [0.3, 0.4) is 0 Å². The normalized spacial score (nSPS) is 13.8. The van der Waals surface area contributed by atoms with E-state index in [1.165, 1.54) is 6.26 Å². The number of aliphatic hydroxyl groups is 1. The van der Waals surface area contributed by atoms with Gasteiger partial charge in [0.2, 0.25) is 0 Å². The third-order valence-electron chi connectivity index (χ3n) is 1.79. The van der Waals surface area contributed by atoms with Crippen molar-refractivity contribution >= 4 is 0 Å². The third-order valence-corrected chi connectivity index (χ3v) is 1.79. The molecular formula is C12H13NO2. The zero-order chi connectivity index (χ0) is 11.1. The van der Waals surface area contributed by atoms with E-state index in [4.69, 9.17) is 10.8 Å². The lowest BCUT2D eigenvalue weighted by Crippen LogP contribution is -2.18. The Morgan fingerprint density at radius 2 is 2.53 bits per heavy atom. The van der Waals surface area contributed by atoms with Gasteiger partial charge in [-0.05, 0) is 31.2 Å². The highest BCUT2D eigenvalue weighted by Crippen LogP contribution is 2.11. The molecule has 1 unspecified atom stereocenters. The smallest absolute Gasteiger partial charge is 0.184 e. The van der Waals surface area contributed by atoms with Gasteiger partial charge < -0.3 is 14.8 Å². The lowest BCUT2D eigenvalue weighted by molar-refractivity contribution is 0.126. The predicted octanol–water partition coefficient (Wildman–Crippen LogP) is 1.95. The zero-order valence-corrected chi connectivity index (χ0v) is 8.47. The average Bonchev–Trinajstić information content (AvgIpc) is 2.77. The van der Waals surface area contributed by atoms with Crippen LogP contribution in [-0.2, 0) is 0 Å². The summed E-state index contributed by atoms with van der Waals surface area (Å²) < 4.78 is 5.04. The number of nitrogens with one attached hydrogen (secondary N) is 1. The summed E-state index contributed by atoms with van der Waals surface area (Å²) in [5.74, 6) is 2.84. The number of allylic oxidation sites excluding steroid dienone is 3. The van der Waals surface area contributed by atoms with Gasteiger partial charge in [0, 0.05) is 5.70 Å². The molecule has 0 aromatic carbocycles. The fraction of sp³-hybridized carbons (Fsp3) is 0.167. The van der Waals surface area contributed by atoms with Crippen LogP contribution in [-0.4, -0.2) is 5.11 Å². The van der Waals surface area contributed by atoms with Gasteiger partial charge in [-0.25, -0.2) is 0 Å². The molecule has 1 rings (SSSR count). The van der Waals surface area contributed by atoms with E-state index in [1.807, 2.05) is 6.92 Å². The summed E-state index contributed by atoms with van der Waals surface area (Å²) in [6, 6.07) is 3.41. The van der Waals surface area contributed by atoms with Gasteiger partial charge in [-0.3, -0.25) is 0 Å². The molecule has 0 amide bonds. The molecule has 15 heavy (non-hydrogen) atoms. The Bertz CT molecular complexity index is 382. The van der Waals surface area contributed by atoms with Crippen molar-refractivity contribution in [3.63, 3.8) is 0 Å². The van der Waals surface area contributed by atoms with Crippen LogP contribution in [0.1, 0.15) is 18.9 Å². The van der Waals surface area contributed by atoms with Crippen LogP contribution in [0.5, 0.6) is 0 Å². The maximum absolute atomic E-state index is 9.68. The minimum atomic E-state index is -0.867. The highest BCUT2D eigenvalue weighted by atomic mass is 16.4. The monoisotopic (exact) mass is 203 g/mol. The van der Waals surface area contributed by atoms with Crippen LogP contribution in [0.4, 0.5) is 0 Å². The van der Waals surface area contributed by atoms with Gasteiger partial charge in [0.05, 0.1) is 6.26 Å². The van der Waals surface area contributed by atoms with Crippen LogP contribution in [0.25, 0.3) is 0 Å². The van der Waals surface area contributed by atoms with Gasteiger partial charge >= 0.3 is 0 Å². The molecule has 0 bridgehead atoms. The molecule has 1 aromatic heterocycles. The van der Waals surface area contributed by atoms with Crippen LogP contribution in [0, 0.1) is 12.3 Å². The Morgan fingerprint density at radius 1 is 1.73 bits per heavy atom. The first-order valence-electron chi connectivity index (χ1n) is 4.55. The van der Waals surface area contributed by atoms with Crippen molar-refractivity contribution < 1.29 is 9.52 Å². The lowest BCUT2D eigenvalue weighted by Gasteiger charge is -2.11. The van der Waals surface area contributed by atoms with Gasteiger partial charge in [0.25, 0.3) is 0 Å². The van der Waals surface area contributed by atoms with Crippen molar-refractivity contribution in [3.05, 3.63) is 48.1 Å². The maximum atomic E-state index is 9.68. The highest BCUT2D eigenvalue weighted by molar-refractivity contribution is 5.23. The first-order chi connectivity index (χ1) is 7.27. The van der Waals surface area contributed by atoms with Crippen molar-refractivity contribution in [1.29, 1.82) is 0 Å². The molecule has 3 heteroatoms. The second kappa shape index (κ2) is 5.74. The van der Waals surface area contributed by atoms with E-state index in [0.29, 0.717) is 5.76 Å². The number of rotatable bonds is 4. The maximum Gasteiger partial charge on any atom is 0.184 e. The molecule has 3 nitrogen and oxygen atoms in total. The van der Waals surface area contributed by atoms with Gasteiger partial charge in [0.1, 0.15) is 0 Å². The second-order valence-electron chi connectivity index (χ2n) is 2.81. The van der Waals surface area contributed by atoms with Crippen molar-refractivity contribution in [2.24, 2.45) is 0 Å². The molecule has 2 N–H and O–H groups in total. The molecule has 0 aliphatic heterocycles. The Balaban J connectivity index is 2.61. The van der Waals surface area contributed by atoms with E-state index in [2.05, 4.69) is 11.2 Å². The van der Waals surface area contributed by atoms with Crippen LogP contribution >= 0.6 is 0 Å². The van der Waals surface area contributed by atoms with E-state index < -0.39 is 6.23 Å². The van der Waals surface area contributed by atoms with E-state index in [-0.39, 0.29) is 0 Å². The Hall–Kier alpha value is -1.92. The summed E-state index contributed by atoms with van der Waals surface area (Å²) in [5, 5.41) is 12.5. The SMILES string of the molecule is C#C/C=C\C(=C/C)NC(O)c1ccco1. The molecule has 0 aliphatic rings. The van der Waals surface area contributed by atoms with Crippen molar-refractivity contribution in [2.45, 2.75) is 13.2 Å². The summed E-state index contributed by atoms with van der Waals surface area (Å²) in [5.41, 5.74) is 0.733. The van der Waals surface area contributed by atoms with Crippen molar-refractivity contribution in [2.75, 3.05) is 0 Å². The Kier molecular flexibility index (Phi) is 4.27. The second-order valence-corrected chi connectivity index (χ2v) is 2.81. The average molecular weight is 203 g/mol. The lowest BCUT2D eigenvalue weighted by atomic mass is 10.3. The summed E-state index contributed by atoms with van der Waals surface area (Å²) in [6.07, 6.45) is 10.8. The molecule has 0 saturated carbocycles. The summed E-state index contributed by atoms with van der Waals surface area (Å²) >= 11 is 0. The minimum Gasteiger partial charge on any atom is -0.465 e. The molecule has 78 valence electrons. The van der Waals surface area contributed by atoms with Crippen molar-refractivity contribution in [1.82, 2.24) is 5.32 Å². The fourth-order valence-electron chi connectivity index (χ4n) is 1.04. The summed E-state index contributed by atoms with van der Waals surface area (Å²) in [7, 11) is 0. The molecule has 0 fully saturated rings. The van der Waals surface area contributed by atoms with E-state index in [0.717, 1.165) is 5.70 Å². The number of hydrogen-bond acceptors (Lipinski definition) is 3. The molecule has 0 saturated heterocycles. The van der Waals surface area contributed by atoms with Gasteiger partial charge in [-0.1, -0.05) is 12.0 Å². The first kappa shape index (κ1) is 11.2. The number of hydrogen-bond donors (Lipinski definition) is 2. The highest BCUT2D eigenvalue weighted by Gasteiger charge is 2.09. The topological polar surface area (TPSA) is 45.4 Å². The molecule has 0 radical (unpaired) electrons. The van der Waals surface area contributed by atoms with E-state index >= 15 is 0 Å². The van der Waals surface area contributed by atoms with Gasteiger partial charge in [-0.15, -0.1) is 6.42 Å². The van der Waals surface area contributed by atoms with Crippen LogP contribution in [0.15, 0.2) is 46.7 Å². The van der Waals surface area contributed by atoms with Crippen LogP contribution < -0.4 is 5.32 Å². The van der Waals surface area contributed by atoms with Gasteiger partial charge in [0.15, 0.2) is 12.0 Å². The number of furan rings is 1. The molecule has 1 aromatic rings. The molecule has 0 spiro atoms.